The molecule has 0 radical (unpaired) electrons. The second-order valence-corrected chi connectivity index (χ2v) is 7.86. The van der Waals surface area contributed by atoms with Crippen LogP contribution in [0.5, 0.6) is 23.0 Å². The molecule has 2 aromatic carbocycles. The summed E-state index contributed by atoms with van der Waals surface area (Å²) in [6, 6.07) is 11.1. The van der Waals surface area contributed by atoms with Gasteiger partial charge in [0, 0.05) is 19.2 Å². The van der Waals surface area contributed by atoms with Crippen molar-refractivity contribution in [3.05, 3.63) is 42.0 Å². The summed E-state index contributed by atoms with van der Waals surface area (Å²) in [4.78, 5) is 19.1. The van der Waals surface area contributed by atoms with Gasteiger partial charge in [0.15, 0.2) is 17.3 Å². The first kappa shape index (κ1) is 24.2. The van der Waals surface area contributed by atoms with E-state index in [4.69, 9.17) is 18.9 Å². The number of rotatable bonds is 11. The van der Waals surface area contributed by atoms with Crippen LogP contribution < -0.4 is 18.9 Å². The van der Waals surface area contributed by atoms with E-state index in [2.05, 4.69) is 15.2 Å². The van der Waals surface area contributed by atoms with Gasteiger partial charge < -0.3 is 23.8 Å². The number of aromatic nitrogens is 3. The third-order valence-electron chi connectivity index (χ3n) is 5.01. The van der Waals surface area contributed by atoms with E-state index < -0.39 is 0 Å². The van der Waals surface area contributed by atoms with Gasteiger partial charge in [-0.2, -0.15) is 0 Å². The number of nitrogens with zero attached hydrogens (tertiary/aromatic N) is 3. The normalized spacial score (nSPS) is 10.6. The lowest BCUT2D eigenvalue weighted by molar-refractivity contribution is -0.128. The van der Waals surface area contributed by atoms with E-state index in [9.17, 15) is 4.79 Å². The Morgan fingerprint density at radius 1 is 0.970 bits per heavy atom. The van der Waals surface area contributed by atoms with Crippen LogP contribution in [0.1, 0.15) is 12.5 Å². The number of carbonyl (C=O) groups excluding carboxylic acids is 1. The molecule has 0 aliphatic heterocycles. The molecule has 3 aromatic rings. The SMILES string of the molecule is CCN(Cc1ccc(OC)c(OC)c1)C(=O)CSc1n[nH]c(-c2ccc(OC)cc2OC)n1. The number of nitrogens with one attached hydrogen (secondary N) is 1. The standard InChI is InChI=1S/C23H28N4O5S/c1-6-27(13-15-7-10-18(30-3)20(11-15)32-5)21(28)14-33-23-24-22(25-26-23)17-9-8-16(29-2)12-19(17)31-4/h7-12H,6,13-14H2,1-5H3,(H,24,25,26). The Morgan fingerprint density at radius 3 is 2.39 bits per heavy atom. The number of hydrogen-bond donors (Lipinski definition) is 1. The molecule has 0 spiro atoms. The molecule has 0 fully saturated rings. The Bertz CT molecular complexity index is 1090. The van der Waals surface area contributed by atoms with E-state index in [1.807, 2.05) is 37.3 Å². The summed E-state index contributed by atoms with van der Waals surface area (Å²) in [6.45, 7) is 3.00. The second-order valence-electron chi connectivity index (χ2n) is 6.92. The van der Waals surface area contributed by atoms with Crippen molar-refractivity contribution in [3.8, 4) is 34.4 Å². The summed E-state index contributed by atoms with van der Waals surface area (Å²) in [7, 11) is 6.36. The molecule has 0 unspecified atom stereocenters. The van der Waals surface area contributed by atoms with E-state index in [1.54, 1.807) is 39.4 Å². The number of benzene rings is 2. The zero-order valence-corrected chi connectivity index (χ0v) is 20.2. The summed E-state index contributed by atoms with van der Waals surface area (Å²) in [5.41, 5.74) is 1.72. The highest BCUT2D eigenvalue weighted by molar-refractivity contribution is 7.99. The molecule has 0 saturated heterocycles. The fourth-order valence-electron chi connectivity index (χ4n) is 3.22. The minimum absolute atomic E-state index is 0.00865. The number of amides is 1. The molecular weight excluding hydrogens is 444 g/mol. The molecule has 1 amide bonds. The number of ether oxygens (including phenoxy) is 4. The molecule has 0 aliphatic rings. The summed E-state index contributed by atoms with van der Waals surface area (Å²) >= 11 is 1.28. The van der Waals surface area contributed by atoms with E-state index in [-0.39, 0.29) is 11.7 Å². The van der Waals surface area contributed by atoms with Crippen molar-refractivity contribution >= 4 is 17.7 Å². The first-order valence-electron chi connectivity index (χ1n) is 10.3. The maximum atomic E-state index is 12.8. The predicted molar refractivity (Wildman–Crippen MR) is 126 cm³/mol. The van der Waals surface area contributed by atoms with Crippen LogP contribution in [-0.2, 0) is 11.3 Å². The Balaban J connectivity index is 1.64. The van der Waals surface area contributed by atoms with Gasteiger partial charge >= 0.3 is 0 Å². The Hall–Kier alpha value is -3.40. The van der Waals surface area contributed by atoms with Gasteiger partial charge in [-0.3, -0.25) is 9.89 Å². The second kappa shape index (κ2) is 11.5. The van der Waals surface area contributed by atoms with Gasteiger partial charge in [-0.15, -0.1) is 5.10 Å². The predicted octanol–water partition coefficient (Wildman–Crippen LogP) is 3.65. The third-order valence-corrected chi connectivity index (χ3v) is 5.84. The summed E-state index contributed by atoms with van der Waals surface area (Å²) in [6.07, 6.45) is 0. The molecular formula is C23H28N4O5S. The smallest absolute Gasteiger partial charge is 0.233 e. The fourth-order valence-corrected chi connectivity index (χ4v) is 3.92. The lowest BCUT2D eigenvalue weighted by Gasteiger charge is -2.21. The largest absolute Gasteiger partial charge is 0.497 e. The monoisotopic (exact) mass is 472 g/mol. The van der Waals surface area contributed by atoms with Crippen molar-refractivity contribution in [1.82, 2.24) is 20.1 Å². The highest BCUT2D eigenvalue weighted by Gasteiger charge is 2.17. The zero-order valence-electron chi connectivity index (χ0n) is 19.4. The van der Waals surface area contributed by atoms with E-state index in [1.165, 1.54) is 11.8 Å². The van der Waals surface area contributed by atoms with Crippen molar-refractivity contribution < 1.29 is 23.7 Å². The molecule has 3 rings (SSSR count). The Labute approximate surface area is 197 Å². The molecule has 0 aliphatic carbocycles. The van der Waals surface area contributed by atoms with Gasteiger partial charge in [0.25, 0.3) is 0 Å². The van der Waals surface area contributed by atoms with Crippen LogP contribution in [0.4, 0.5) is 0 Å². The zero-order chi connectivity index (χ0) is 23.8. The summed E-state index contributed by atoms with van der Waals surface area (Å²) < 4.78 is 21.3. The number of hydrogen-bond acceptors (Lipinski definition) is 8. The lowest BCUT2D eigenvalue weighted by Crippen LogP contribution is -2.31. The Morgan fingerprint density at radius 2 is 1.73 bits per heavy atom. The molecule has 0 atom stereocenters. The number of aromatic amines is 1. The first-order chi connectivity index (χ1) is 16.0. The van der Waals surface area contributed by atoms with Gasteiger partial charge in [-0.05, 0) is 36.8 Å². The quantitative estimate of drug-likeness (QED) is 0.422. The minimum atomic E-state index is -0.00865. The van der Waals surface area contributed by atoms with Crippen molar-refractivity contribution in [2.24, 2.45) is 0 Å². The van der Waals surface area contributed by atoms with Crippen LogP contribution in [0, 0.1) is 0 Å². The highest BCUT2D eigenvalue weighted by Crippen LogP contribution is 2.32. The summed E-state index contributed by atoms with van der Waals surface area (Å²) in [5, 5.41) is 7.63. The Kier molecular flexibility index (Phi) is 8.42. The fraction of sp³-hybridized carbons (Fsp3) is 0.348. The molecule has 33 heavy (non-hydrogen) atoms. The van der Waals surface area contributed by atoms with Crippen molar-refractivity contribution in [2.75, 3.05) is 40.7 Å². The highest BCUT2D eigenvalue weighted by atomic mass is 32.2. The number of thioether (sulfide) groups is 1. The molecule has 1 N–H and O–H groups in total. The molecule has 1 aromatic heterocycles. The molecule has 176 valence electrons. The van der Waals surface area contributed by atoms with Gasteiger partial charge in [0.2, 0.25) is 11.1 Å². The van der Waals surface area contributed by atoms with E-state index in [0.717, 1.165) is 11.1 Å². The minimum Gasteiger partial charge on any atom is -0.497 e. The van der Waals surface area contributed by atoms with Gasteiger partial charge in [0.1, 0.15) is 11.5 Å². The molecule has 10 heteroatoms. The summed E-state index contributed by atoms with van der Waals surface area (Å²) in [5.74, 6) is 3.36. The third kappa shape index (κ3) is 5.89. The first-order valence-corrected chi connectivity index (χ1v) is 11.3. The van der Waals surface area contributed by atoms with Crippen molar-refractivity contribution in [2.45, 2.75) is 18.6 Å². The molecule has 0 bridgehead atoms. The van der Waals surface area contributed by atoms with Crippen LogP contribution in [0.15, 0.2) is 41.6 Å². The van der Waals surface area contributed by atoms with Crippen molar-refractivity contribution in [1.29, 1.82) is 0 Å². The van der Waals surface area contributed by atoms with Gasteiger partial charge in [-0.1, -0.05) is 17.8 Å². The van der Waals surface area contributed by atoms with E-state index in [0.29, 0.717) is 47.1 Å². The van der Waals surface area contributed by atoms with Gasteiger partial charge in [0.05, 0.1) is 39.8 Å². The van der Waals surface area contributed by atoms with Crippen molar-refractivity contribution in [3.63, 3.8) is 0 Å². The van der Waals surface area contributed by atoms with Gasteiger partial charge in [-0.25, -0.2) is 4.98 Å². The van der Waals surface area contributed by atoms with E-state index >= 15 is 0 Å². The molecule has 0 saturated carbocycles. The molecule has 9 nitrogen and oxygen atoms in total. The topological polar surface area (TPSA) is 98.8 Å². The lowest BCUT2D eigenvalue weighted by atomic mass is 10.2. The van der Waals surface area contributed by atoms with Crippen LogP contribution >= 0.6 is 11.8 Å². The average molecular weight is 473 g/mol. The molecule has 1 heterocycles. The average Bonchev–Trinajstić information content (AvgIpc) is 3.33. The number of methoxy groups -OCH3 is 4. The number of H-pyrrole nitrogens is 1. The maximum absolute atomic E-state index is 12.8. The van der Waals surface area contributed by atoms with Crippen LogP contribution in [0.3, 0.4) is 0 Å². The van der Waals surface area contributed by atoms with Crippen LogP contribution in [0.2, 0.25) is 0 Å². The maximum Gasteiger partial charge on any atom is 0.233 e. The van der Waals surface area contributed by atoms with Crippen LogP contribution in [0.25, 0.3) is 11.4 Å². The van der Waals surface area contributed by atoms with Crippen LogP contribution in [-0.4, -0.2) is 66.7 Å². The number of carbonyl (C=O) groups is 1.